The van der Waals surface area contributed by atoms with Crippen LogP contribution in [0.5, 0.6) is 0 Å². The molecule has 0 bridgehead atoms. The number of fused-ring (bicyclic) bond motifs is 1. The van der Waals surface area contributed by atoms with E-state index < -0.39 is 0 Å². The molecule has 136 valence electrons. The van der Waals surface area contributed by atoms with Crippen LogP contribution in [0.4, 0.5) is 5.82 Å². The van der Waals surface area contributed by atoms with Crippen molar-refractivity contribution in [3.8, 4) is 0 Å². The molecule has 0 aliphatic carbocycles. The number of anilines is 1. The zero-order chi connectivity index (χ0) is 18.1. The van der Waals surface area contributed by atoms with E-state index in [0.29, 0.717) is 5.82 Å². The normalized spacial score (nSPS) is 21.2. The molecule has 0 amide bonds. The monoisotopic (exact) mass is 353 g/mol. The zero-order valence-corrected chi connectivity index (χ0v) is 15.0. The topological polar surface area (TPSA) is 85.1 Å². The number of nitrogens with one attached hydrogen (secondary N) is 1. The van der Waals surface area contributed by atoms with E-state index >= 15 is 0 Å². The fourth-order valence-corrected chi connectivity index (χ4v) is 3.34. The Labute approximate surface area is 152 Å². The van der Waals surface area contributed by atoms with Crippen molar-refractivity contribution < 1.29 is 9.84 Å². The number of aliphatic hydroxyl groups is 1. The molecule has 3 heterocycles. The lowest BCUT2D eigenvalue weighted by Gasteiger charge is -2.16. The summed E-state index contributed by atoms with van der Waals surface area (Å²) in [4.78, 5) is 13.3. The fraction of sp³-hybridized carbons (Fsp3) is 0.421. The summed E-state index contributed by atoms with van der Waals surface area (Å²) >= 11 is 0. The van der Waals surface area contributed by atoms with Crippen molar-refractivity contribution in [2.75, 3.05) is 11.9 Å². The number of aryl methyl sites for hydroxylation is 1. The molecule has 7 heteroatoms. The number of rotatable bonds is 5. The van der Waals surface area contributed by atoms with E-state index in [1.54, 1.807) is 12.7 Å². The summed E-state index contributed by atoms with van der Waals surface area (Å²) in [6.45, 7) is 4.22. The van der Waals surface area contributed by atoms with E-state index in [-0.39, 0.29) is 25.0 Å². The van der Waals surface area contributed by atoms with Crippen LogP contribution in [-0.2, 0) is 4.74 Å². The Morgan fingerprint density at radius 1 is 1.23 bits per heavy atom. The second-order valence-electron chi connectivity index (χ2n) is 6.80. The van der Waals surface area contributed by atoms with E-state index in [9.17, 15) is 5.11 Å². The number of ether oxygens (including phenoxy) is 1. The van der Waals surface area contributed by atoms with Gasteiger partial charge in [-0.2, -0.15) is 0 Å². The molecule has 4 rings (SSSR count). The molecule has 3 aromatic rings. The number of imidazole rings is 1. The molecule has 0 saturated carbocycles. The maximum Gasteiger partial charge on any atom is 0.167 e. The number of aromatic nitrogens is 4. The van der Waals surface area contributed by atoms with E-state index in [0.717, 1.165) is 24.0 Å². The molecular weight excluding hydrogens is 330 g/mol. The summed E-state index contributed by atoms with van der Waals surface area (Å²) in [5, 5.41) is 12.7. The number of nitrogens with zero attached hydrogens (tertiary/aromatic N) is 4. The number of benzene rings is 1. The SMILES string of the molecule is Cc1ccc(C(C)Nc2ncnc3c2ncn3C2CCC(CO)O2)cc1. The first-order chi connectivity index (χ1) is 12.7. The Bertz CT molecular complexity index is 893. The molecule has 2 N–H and O–H groups in total. The lowest BCUT2D eigenvalue weighted by molar-refractivity contribution is -0.0207. The minimum absolute atomic E-state index is 0.0407. The summed E-state index contributed by atoms with van der Waals surface area (Å²) in [6.07, 6.45) is 4.70. The van der Waals surface area contributed by atoms with Gasteiger partial charge in [-0.15, -0.1) is 0 Å². The van der Waals surface area contributed by atoms with Crippen LogP contribution in [0.1, 0.15) is 43.2 Å². The summed E-state index contributed by atoms with van der Waals surface area (Å²) in [7, 11) is 0. The highest BCUT2D eigenvalue weighted by Crippen LogP contribution is 2.31. The highest BCUT2D eigenvalue weighted by Gasteiger charge is 2.27. The summed E-state index contributed by atoms with van der Waals surface area (Å²) < 4.78 is 7.78. The molecule has 1 aliphatic rings. The predicted octanol–water partition coefficient (Wildman–Crippen LogP) is 2.98. The van der Waals surface area contributed by atoms with Gasteiger partial charge in [-0.05, 0) is 32.3 Å². The number of aliphatic hydroxyl groups excluding tert-OH is 1. The molecular formula is C19H23N5O2. The molecule has 3 unspecified atom stereocenters. The van der Waals surface area contributed by atoms with Gasteiger partial charge in [0.15, 0.2) is 17.0 Å². The zero-order valence-electron chi connectivity index (χ0n) is 15.0. The van der Waals surface area contributed by atoms with Crippen molar-refractivity contribution in [3.63, 3.8) is 0 Å². The van der Waals surface area contributed by atoms with Crippen molar-refractivity contribution in [2.24, 2.45) is 0 Å². The molecule has 1 saturated heterocycles. The van der Waals surface area contributed by atoms with Gasteiger partial charge in [-0.3, -0.25) is 4.57 Å². The van der Waals surface area contributed by atoms with Gasteiger partial charge in [0.05, 0.1) is 25.1 Å². The first kappa shape index (κ1) is 16.9. The van der Waals surface area contributed by atoms with E-state index in [1.807, 2.05) is 4.57 Å². The van der Waals surface area contributed by atoms with E-state index in [1.165, 1.54) is 11.1 Å². The lowest BCUT2D eigenvalue weighted by atomic mass is 10.1. The van der Waals surface area contributed by atoms with Gasteiger partial charge in [0.2, 0.25) is 0 Å². The van der Waals surface area contributed by atoms with Gasteiger partial charge in [0.1, 0.15) is 12.6 Å². The second-order valence-corrected chi connectivity index (χ2v) is 6.80. The van der Waals surface area contributed by atoms with E-state index in [4.69, 9.17) is 4.74 Å². The third kappa shape index (κ3) is 3.15. The highest BCUT2D eigenvalue weighted by molar-refractivity contribution is 5.82. The van der Waals surface area contributed by atoms with Crippen molar-refractivity contribution in [1.82, 2.24) is 19.5 Å². The first-order valence-corrected chi connectivity index (χ1v) is 8.92. The lowest BCUT2D eigenvalue weighted by Crippen LogP contribution is -2.14. The van der Waals surface area contributed by atoms with Gasteiger partial charge in [0.25, 0.3) is 0 Å². The minimum Gasteiger partial charge on any atom is -0.394 e. The maximum absolute atomic E-state index is 9.28. The average Bonchev–Trinajstić information content (AvgIpc) is 3.29. The van der Waals surface area contributed by atoms with Crippen LogP contribution in [0, 0.1) is 6.92 Å². The molecule has 26 heavy (non-hydrogen) atoms. The van der Waals surface area contributed by atoms with Crippen LogP contribution in [-0.4, -0.2) is 37.3 Å². The fourth-order valence-electron chi connectivity index (χ4n) is 3.34. The van der Waals surface area contributed by atoms with Gasteiger partial charge >= 0.3 is 0 Å². The summed E-state index contributed by atoms with van der Waals surface area (Å²) in [5.41, 5.74) is 3.89. The molecule has 3 atom stereocenters. The Kier molecular flexibility index (Phi) is 4.57. The highest BCUT2D eigenvalue weighted by atomic mass is 16.5. The minimum atomic E-state index is -0.144. The standard InChI is InChI=1S/C19H23N5O2/c1-12-3-5-14(6-4-12)13(2)23-18-17-19(21-10-20-18)24(11-22-17)16-8-7-15(9-25)26-16/h3-6,10-11,13,15-16,25H,7-9H2,1-2H3,(H,20,21,23). The third-order valence-corrected chi connectivity index (χ3v) is 4.89. The summed E-state index contributed by atoms with van der Waals surface area (Å²) in [6, 6.07) is 8.54. The predicted molar refractivity (Wildman–Crippen MR) is 98.8 cm³/mol. The van der Waals surface area contributed by atoms with Crippen LogP contribution >= 0.6 is 0 Å². The number of hydrogen-bond donors (Lipinski definition) is 2. The molecule has 7 nitrogen and oxygen atoms in total. The van der Waals surface area contributed by atoms with Gasteiger partial charge in [-0.25, -0.2) is 15.0 Å². The van der Waals surface area contributed by atoms with Gasteiger partial charge < -0.3 is 15.2 Å². The smallest absolute Gasteiger partial charge is 0.167 e. The quantitative estimate of drug-likeness (QED) is 0.733. The largest absolute Gasteiger partial charge is 0.394 e. The van der Waals surface area contributed by atoms with Crippen LogP contribution in [0.25, 0.3) is 11.2 Å². The molecule has 1 fully saturated rings. The Hall–Kier alpha value is -2.51. The van der Waals surface area contributed by atoms with Crippen LogP contribution < -0.4 is 5.32 Å². The first-order valence-electron chi connectivity index (χ1n) is 8.92. The van der Waals surface area contributed by atoms with Crippen molar-refractivity contribution in [2.45, 2.75) is 45.1 Å². The van der Waals surface area contributed by atoms with Crippen molar-refractivity contribution >= 4 is 17.0 Å². The molecule has 0 radical (unpaired) electrons. The Balaban J connectivity index is 1.59. The molecule has 1 aromatic carbocycles. The molecule has 1 aliphatic heterocycles. The van der Waals surface area contributed by atoms with Crippen molar-refractivity contribution in [1.29, 1.82) is 0 Å². The Morgan fingerprint density at radius 2 is 2.04 bits per heavy atom. The second kappa shape index (κ2) is 7.01. The van der Waals surface area contributed by atoms with Crippen molar-refractivity contribution in [3.05, 3.63) is 48.0 Å². The Morgan fingerprint density at radius 3 is 2.77 bits per heavy atom. The number of hydrogen-bond acceptors (Lipinski definition) is 6. The van der Waals surface area contributed by atoms with Crippen LogP contribution in [0.3, 0.4) is 0 Å². The van der Waals surface area contributed by atoms with Crippen LogP contribution in [0.2, 0.25) is 0 Å². The van der Waals surface area contributed by atoms with E-state index in [2.05, 4.69) is 58.4 Å². The van der Waals surface area contributed by atoms with Gasteiger partial charge in [-0.1, -0.05) is 29.8 Å². The molecule has 0 spiro atoms. The van der Waals surface area contributed by atoms with Gasteiger partial charge in [0, 0.05) is 0 Å². The third-order valence-electron chi connectivity index (χ3n) is 4.89. The summed E-state index contributed by atoms with van der Waals surface area (Å²) in [5.74, 6) is 0.707. The molecule has 2 aromatic heterocycles. The van der Waals surface area contributed by atoms with Crippen LogP contribution in [0.15, 0.2) is 36.9 Å². The maximum atomic E-state index is 9.28. The average molecular weight is 353 g/mol.